The Kier molecular flexibility index (Phi) is 4.24. The number of likely N-dealkylation sites (N-methyl/N-ethyl adjacent to an activating group) is 1. The summed E-state index contributed by atoms with van der Waals surface area (Å²) >= 11 is 1.74. The van der Waals surface area contributed by atoms with E-state index in [4.69, 9.17) is 0 Å². The number of nitrogens with zero attached hydrogens (tertiary/aromatic N) is 5. The number of aromatic amines is 1. The predicted octanol–water partition coefficient (Wildman–Crippen LogP) is 2.26. The van der Waals surface area contributed by atoms with Crippen LogP contribution in [0.25, 0.3) is 0 Å². The van der Waals surface area contributed by atoms with Crippen LogP contribution in [0.2, 0.25) is 0 Å². The van der Waals surface area contributed by atoms with Crippen molar-refractivity contribution in [3.05, 3.63) is 46.2 Å². The van der Waals surface area contributed by atoms with Gasteiger partial charge in [0.1, 0.15) is 5.82 Å². The molecule has 0 fully saturated rings. The molecule has 3 heterocycles. The molecule has 0 aliphatic rings. The van der Waals surface area contributed by atoms with E-state index in [1.807, 2.05) is 17.7 Å². The summed E-state index contributed by atoms with van der Waals surface area (Å²) in [7, 11) is 4.08. The fourth-order valence-electron chi connectivity index (χ4n) is 2.45. The molecule has 0 aromatic carbocycles. The molecule has 0 amide bonds. The van der Waals surface area contributed by atoms with E-state index in [-0.39, 0.29) is 0 Å². The van der Waals surface area contributed by atoms with E-state index >= 15 is 0 Å². The Bertz CT molecular complexity index is 701. The van der Waals surface area contributed by atoms with Crippen molar-refractivity contribution >= 4 is 17.3 Å². The molecule has 116 valence electrons. The minimum Gasteiger partial charge on any atom is -0.341 e. The van der Waals surface area contributed by atoms with Gasteiger partial charge in [-0.3, -0.25) is 5.10 Å². The van der Waals surface area contributed by atoms with E-state index in [9.17, 15) is 0 Å². The maximum atomic E-state index is 4.35. The zero-order valence-electron chi connectivity index (χ0n) is 13.0. The van der Waals surface area contributed by atoms with Crippen LogP contribution in [0.5, 0.6) is 0 Å². The summed E-state index contributed by atoms with van der Waals surface area (Å²) in [4.78, 5) is 2.18. The second-order valence-corrected chi connectivity index (χ2v) is 6.31. The lowest BCUT2D eigenvalue weighted by atomic mass is 10.1. The van der Waals surface area contributed by atoms with Crippen molar-refractivity contribution in [1.29, 1.82) is 0 Å². The second kappa shape index (κ2) is 6.31. The van der Waals surface area contributed by atoms with Gasteiger partial charge in [0.2, 0.25) is 5.95 Å². The molecule has 0 saturated heterocycles. The van der Waals surface area contributed by atoms with Gasteiger partial charge in [0.05, 0.1) is 0 Å². The highest BCUT2D eigenvalue weighted by molar-refractivity contribution is 7.07. The van der Waals surface area contributed by atoms with Gasteiger partial charge in [-0.15, -0.1) is 10.2 Å². The Labute approximate surface area is 133 Å². The Morgan fingerprint density at radius 1 is 1.36 bits per heavy atom. The first kappa shape index (κ1) is 14.8. The zero-order chi connectivity index (χ0) is 15.5. The zero-order valence-corrected chi connectivity index (χ0v) is 13.8. The number of H-pyrrole nitrogens is 1. The predicted molar refractivity (Wildman–Crippen MR) is 88.3 cm³/mol. The summed E-state index contributed by atoms with van der Waals surface area (Å²) in [6, 6.07) is 4.49. The molecule has 1 atom stereocenters. The van der Waals surface area contributed by atoms with Crippen molar-refractivity contribution in [3.8, 4) is 0 Å². The number of aromatic nitrogens is 5. The molecule has 3 rings (SSSR count). The topological polar surface area (TPSA) is 62.6 Å². The number of rotatable bonds is 6. The molecule has 1 N–H and O–H groups in total. The van der Waals surface area contributed by atoms with Gasteiger partial charge in [-0.25, -0.2) is 0 Å². The third kappa shape index (κ3) is 3.04. The monoisotopic (exact) mass is 316 g/mol. The fraction of sp³-hybridized carbons (Fsp3) is 0.400. The normalized spacial score (nSPS) is 12.5. The van der Waals surface area contributed by atoms with Crippen LogP contribution in [0.4, 0.5) is 5.95 Å². The lowest BCUT2D eigenvalue weighted by molar-refractivity contribution is 0.649. The number of hydrogen-bond acceptors (Lipinski definition) is 5. The highest BCUT2D eigenvalue weighted by Gasteiger charge is 2.18. The molecule has 0 aliphatic heterocycles. The minimum absolute atomic E-state index is 0.359. The SMILES string of the molecule is CC(Cc1ccsc1)N(C)c1nnc(Cc2ccn[nH]2)n1C. The number of anilines is 1. The molecule has 1 unspecified atom stereocenters. The van der Waals surface area contributed by atoms with Crippen LogP contribution in [0.3, 0.4) is 0 Å². The summed E-state index contributed by atoms with van der Waals surface area (Å²) in [5, 5.41) is 19.9. The van der Waals surface area contributed by atoms with Gasteiger partial charge in [-0.05, 0) is 41.8 Å². The Morgan fingerprint density at radius 2 is 2.23 bits per heavy atom. The minimum atomic E-state index is 0.359. The Balaban J connectivity index is 1.72. The molecule has 0 radical (unpaired) electrons. The first-order valence-corrected chi connectivity index (χ1v) is 8.20. The van der Waals surface area contributed by atoms with Crippen LogP contribution < -0.4 is 4.90 Å². The van der Waals surface area contributed by atoms with Crippen molar-refractivity contribution in [2.24, 2.45) is 7.05 Å². The first-order chi connectivity index (χ1) is 10.6. The van der Waals surface area contributed by atoms with Crippen LogP contribution >= 0.6 is 11.3 Å². The third-order valence-corrected chi connectivity index (χ3v) is 4.67. The highest BCUT2D eigenvalue weighted by atomic mass is 32.1. The largest absolute Gasteiger partial charge is 0.341 e. The fourth-order valence-corrected chi connectivity index (χ4v) is 3.13. The van der Waals surface area contributed by atoms with Crippen LogP contribution in [0.1, 0.15) is 24.0 Å². The molecule has 0 spiro atoms. The molecule has 0 saturated carbocycles. The molecule has 3 aromatic heterocycles. The van der Waals surface area contributed by atoms with Crippen molar-refractivity contribution in [2.75, 3.05) is 11.9 Å². The molecule has 6 nitrogen and oxygen atoms in total. The Hall–Kier alpha value is -2.15. The van der Waals surface area contributed by atoms with Gasteiger partial charge in [0.25, 0.3) is 0 Å². The molecule has 0 bridgehead atoms. The maximum Gasteiger partial charge on any atom is 0.226 e. The Morgan fingerprint density at radius 3 is 2.91 bits per heavy atom. The number of hydrogen-bond donors (Lipinski definition) is 1. The number of thiophene rings is 1. The standard InChI is InChI=1S/C15H20N6S/c1-11(8-12-5-7-22-10-12)20(2)15-19-18-14(21(15)3)9-13-4-6-16-17-13/h4-7,10-11H,8-9H2,1-3H3,(H,16,17). The van der Waals surface area contributed by atoms with E-state index in [0.717, 1.165) is 23.9 Å². The summed E-state index contributed by atoms with van der Waals surface area (Å²) < 4.78 is 2.05. The van der Waals surface area contributed by atoms with E-state index in [0.29, 0.717) is 12.5 Å². The summed E-state index contributed by atoms with van der Waals surface area (Å²) in [5.41, 5.74) is 2.40. The second-order valence-electron chi connectivity index (χ2n) is 5.53. The molecular formula is C15H20N6S. The summed E-state index contributed by atoms with van der Waals surface area (Å²) in [6.45, 7) is 2.21. The van der Waals surface area contributed by atoms with E-state index in [1.54, 1.807) is 17.5 Å². The lowest BCUT2D eigenvalue weighted by Crippen LogP contribution is -2.32. The van der Waals surface area contributed by atoms with Crippen LogP contribution in [0.15, 0.2) is 29.1 Å². The van der Waals surface area contributed by atoms with E-state index in [1.165, 1.54) is 5.56 Å². The van der Waals surface area contributed by atoms with Crippen LogP contribution in [-0.4, -0.2) is 38.1 Å². The third-order valence-electron chi connectivity index (χ3n) is 3.94. The first-order valence-electron chi connectivity index (χ1n) is 7.25. The molecule has 7 heteroatoms. The summed E-state index contributed by atoms with van der Waals surface area (Å²) in [5.74, 6) is 1.81. The smallest absolute Gasteiger partial charge is 0.226 e. The van der Waals surface area contributed by atoms with Gasteiger partial charge in [0.15, 0.2) is 0 Å². The number of nitrogens with one attached hydrogen (secondary N) is 1. The molecule has 0 aliphatic carbocycles. The van der Waals surface area contributed by atoms with Crippen molar-refractivity contribution in [3.63, 3.8) is 0 Å². The van der Waals surface area contributed by atoms with Crippen LogP contribution in [0, 0.1) is 0 Å². The molecular weight excluding hydrogens is 296 g/mol. The molecule has 22 heavy (non-hydrogen) atoms. The van der Waals surface area contributed by atoms with Crippen LogP contribution in [-0.2, 0) is 19.9 Å². The van der Waals surface area contributed by atoms with E-state index in [2.05, 4.69) is 56.1 Å². The van der Waals surface area contributed by atoms with Gasteiger partial charge < -0.3 is 9.47 Å². The van der Waals surface area contributed by atoms with E-state index < -0.39 is 0 Å². The summed E-state index contributed by atoms with van der Waals surface area (Å²) in [6.07, 6.45) is 3.46. The highest BCUT2D eigenvalue weighted by Crippen LogP contribution is 2.18. The van der Waals surface area contributed by atoms with Gasteiger partial charge in [-0.1, -0.05) is 0 Å². The van der Waals surface area contributed by atoms with Crippen molar-refractivity contribution in [2.45, 2.75) is 25.8 Å². The van der Waals surface area contributed by atoms with Crippen molar-refractivity contribution in [1.82, 2.24) is 25.0 Å². The average molecular weight is 316 g/mol. The van der Waals surface area contributed by atoms with Gasteiger partial charge in [-0.2, -0.15) is 16.4 Å². The van der Waals surface area contributed by atoms with Crippen molar-refractivity contribution < 1.29 is 0 Å². The average Bonchev–Trinajstić information content (AvgIpc) is 3.23. The molecule has 3 aromatic rings. The van der Waals surface area contributed by atoms with Gasteiger partial charge >= 0.3 is 0 Å². The lowest BCUT2D eigenvalue weighted by Gasteiger charge is -2.25. The maximum absolute atomic E-state index is 4.35. The quantitative estimate of drug-likeness (QED) is 0.758. The van der Waals surface area contributed by atoms with Gasteiger partial charge in [0, 0.05) is 38.4 Å².